The maximum Gasteiger partial charge on any atom is 0.277 e. The third kappa shape index (κ3) is 8.22. The van der Waals surface area contributed by atoms with E-state index < -0.39 is 6.67 Å². The van der Waals surface area contributed by atoms with Gasteiger partial charge in [-0.1, -0.05) is 72.4 Å². The van der Waals surface area contributed by atoms with Gasteiger partial charge in [-0.15, -0.1) is 0 Å². The van der Waals surface area contributed by atoms with E-state index in [1.807, 2.05) is 21.6 Å². The molecule has 252 valence electrons. The first-order chi connectivity index (χ1) is 23.4. The lowest BCUT2D eigenvalue weighted by Gasteiger charge is -2.39. The molecular formula is C38H42F2N4O3S. The number of carbonyl (C=O) groups is 1. The van der Waals surface area contributed by atoms with Crippen molar-refractivity contribution in [1.82, 2.24) is 19.4 Å². The van der Waals surface area contributed by atoms with Gasteiger partial charge in [-0.25, -0.2) is 8.78 Å². The molecule has 1 fully saturated rings. The minimum atomic E-state index is -0.485. The molecule has 0 atom stereocenters. The number of carbonyl (C=O) groups excluding carboxylic acids is 1. The van der Waals surface area contributed by atoms with E-state index >= 15 is 0 Å². The van der Waals surface area contributed by atoms with Crippen LogP contribution in [-0.4, -0.2) is 64.7 Å². The van der Waals surface area contributed by atoms with Crippen molar-refractivity contribution in [2.75, 3.05) is 33.4 Å². The number of aromatic nitrogens is 2. The molecule has 0 unspecified atom stereocenters. The molecule has 10 heteroatoms. The van der Waals surface area contributed by atoms with E-state index in [0.29, 0.717) is 41.6 Å². The Kier molecular flexibility index (Phi) is 11.4. The van der Waals surface area contributed by atoms with Gasteiger partial charge < -0.3 is 19.1 Å². The van der Waals surface area contributed by atoms with Crippen molar-refractivity contribution in [2.24, 2.45) is 0 Å². The number of hydrogen-bond acceptors (Lipinski definition) is 6. The molecule has 1 amide bonds. The molecule has 3 aromatic carbocycles. The van der Waals surface area contributed by atoms with E-state index in [0.717, 1.165) is 73.3 Å². The largest absolute Gasteiger partial charge is 0.383 e. The Morgan fingerprint density at radius 3 is 2.23 bits per heavy atom. The Hall–Kier alpha value is -3.86. The Morgan fingerprint density at radius 2 is 1.58 bits per heavy atom. The van der Waals surface area contributed by atoms with E-state index in [9.17, 15) is 18.4 Å². The first-order valence-corrected chi connectivity index (χ1v) is 17.6. The first kappa shape index (κ1) is 34.0. The van der Waals surface area contributed by atoms with Crippen LogP contribution in [0.5, 0.6) is 0 Å². The highest BCUT2D eigenvalue weighted by Crippen LogP contribution is 2.28. The number of fused-ring (bicyclic) bond motifs is 1. The number of methoxy groups -OCH3 is 1. The second kappa shape index (κ2) is 16.0. The summed E-state index contributed by atoms with van der Waals surface area (Å²) in [6.07, 6.45) is 3.99. The molecule has 0 saturated carbocycles. The molecule has 1 aliphatic carbocycles. The van der Waals surface area contributed by atoms with Crippen LogP contribution in [0.3, 0.4) is 0 Å². The summed E-state index contributed by atoms with van der Waals surface area (Å²) in [5, 5.41) is 0.524. The summed E-state index contributed by atoms with van der Waals surface area (Å²) < 4.78 is 33.8. The molecule has 0 bridgehead atoms. The average molecular weight is 673 g/mol. The van der Waals surface area contributed by atoms with E-state index in [1.165, 1.54) is 23.9 Å². The second-order valence-corrected chi connectivity index (χ2v) is 13.5. The number of benzene rings is 3. The van der Waals surface area contributed by atoms with Crippen LogP contribution in [0.1, 0.15) is 47.2 Å². The van der Waals surface area contributed by atoms with Crippen molar-refractivity contribution in [3.8, 4) is 11.1 Å². The van der Waals surface area contributed by atoms with Crippen molar-refractivity contribution in [2.45, 2.75) is 68.8 Å². The van der Waals surface area contributed by atoms with Gasteiger partial charge in [0.05, 0.1) is 6.61 Å². The van der Waals surface area contributed by atoms with E-state index in [4.69, 9.17) is 4.74 Å². The fraction of sp³-hybridized carbons (Fsp3) is 0.395. The van der Waals surface area contributed by atoms with Gasteiger partial charge in [0.25, 0.3) is 5.56 Å². The number of rotatable bonds is 13. The van der Waals surface area contributed by atoms with Crippen LogP contribution in [0.4, 0.5) is 8.78 Å². The van der Waals surface area contributed by atoms with Crippen molar-refractivity contribution < 1.29 is 18.3 Å². The third-order valence-corrected chi connectivity index (χ3v) is 10.5. The highest BCUT2D eigenvalue weighted by atomic mass is 32.2. The van der Waals surface area contributed by atoms with Gasteiger partial charge in [0.1, 0.15) is 19.0 Å². The molecule has 0 N–H and O–H groups in total. The fourth-order valence-corrected chi connectivity index (χ4v) is 7.66. The number of ether oxygens (including phenoxy) is 1. The summed E-state index contributed by atoms with van der Waals surface area (Å²) in [5.74, 6) is 0.208. The Labute approximate surface area is 284 Å². The summed E-state index contributed by atoms with van der Waals surface area (Å²) in [6.45, 7) is 3.41. The monoisotopic (exact) mass is 672 g/mol. The summed E-state index contributed by atoms with van der Waals surface area (Å²) in [7, 11) is 1.71. The van der Waals surface area contributed by atoms with Crippen molar-refractivity contribution in [1.29, 1.82) is 0 Å². The minimum absolute atomic E-state index is 0.000546. The molecule has 1 aliphatic heterocycles. The van der Waals surface area contributed by atoms with Gasteiger partial charge >= 0.3 is 0 Å². The zero-order chi connectivity index (χ0) is 33.5. The number of alkyl halides is 1. The summed E-state index contributed by atoms with van der Waals surface area (Å²) >= 11 is 1.41. The fourth-order valence-electron chi connectivity index (χ4n) is 6.70. The zero-order valence-corrected chi connectivity index (χ0v) is 28.2. The lowest BCUT2D eigenvalue weighted by atomic mass is 10.00. The Morgan fingerprint density at radius 1 is 0.938 bits per heavy atom. The van der Waals surface area contributed by atoms with Crippen molar-refractivity contribution in [3.63, 3.8) is 0 Å². The molecule has 1 saturated heterocycles. The van der Waals surface area contributed by atoms with Crippen LogP contribution in [0, 0.1) is 5.82 Å². The van der Waals surface area contributed by atoms with Gasteiger partial charge in [-0.05, 0) is 72.1 Å². The summed E-state index contributed by atoms with van der Waals surface area (Å²) in [4.78, 5) is 36.3. The number of hydrogen-bond donors (Lipinski definition) is 0. The number of halogens is 2. The number of piperidine rings is 1. The van der Waals surface area contributed by atoms with Gasteiger partial charge in [-0.3, -0.25) is 9.59 Å². The average Bonchev–Trinajstić information content (AvgIpc) is 3.62. The molecule has 6 rings (SSSR count). The SMILES string of the molecule is COCCN1CCC(N(Cc2ccc(-c3ccc(CF)cc3)cc2)C(=O)Cn2c(SCc3ccc(F)cc3)nc(=O)c3c2CCC3)CC1. The minimum Gasteiger partial charge on any atom is -0.383 e. The molecule has 2 aliphatic rings. The zero-order valence-electron chi connectivity index (χ0n) is 27.4. The lowest BCUT2D eigenvalue weighted by molar-refractivity contribution is -0.136. The quantitative estimate of drug-likeness (QED) is 0.120. The molecule has 1 aromatic heterocycles. The lowest BCUT2D eigenvalue weighted by Crippen LogP contribution is -2.48. The van der Waals surface area contributed by atoms with Crippen LogP contribution in [0.2, 0.25) is 0 Å². The van der Waals surface area contributed by atoms with Crippen LogP contribution in [-0.2, 0) is 47.9 Å². The maximum absolute atomic E-state index is 14.5. The number of thioether (sulfide) groups is 1. The number of amides is 1. The molecule has 4 aromatic rings. The molecule has 0 radical (unpaired) electrons. The standard InChI is InChI=1S/C38H42F2N4O3S/c1-47-22-21-42-19-17-33(18-20-42)43(24-28-7-13-31(14-8-28)30-11-5-27(23-39)6-12-30)36(45)25-44-35-4-2-3-34(35)37(46)41-38(44)48-26-29-9-15-32(40)16-10-29/h5-16,33H,2-4,17-26H2,1H3. The Bertz CT molecular complexity index is 1740. The summed E-state index contributed by atoms with van der Waals surface area (Å²) in [5.41, 5.74) is 6.04. The van der Waals surface area contributed by atoms with Crippen LogP contribution < -0.4 is 5.56 Å². The van der Waals surface area contributed by atoms with Crippen molar-refractivity contribution >= 4 is 17.7 Å². The van der Waals surface area contributed by atoms with Crippen LogP contribution in [0.25, 0.3) is 11.1 Å². The highest BCUT2D eigenvalue weighted by Gasteiger charge is 2.30. The van der Waals surface area contributed by atoms with Crippen LogP contribution >= 0.6 is 11.8 Å². The topological polar surface area (TPSA) is 67.7 Å². The molecule has 48 heavy (non-hydrogen) atoms. The third-order valence-electron chi connectivity index (χ3n) is 9.45. The van der Waals surface area contributed by atoms with Gasteiger partial charge in [0.2, 0.25) is 5.91 Å². The van der Waals surface area contributed by atoms with Gasteiger partial charge in [0.15, 0.2) is 5.16 Å². The van der Waals surface area contributed by atoms with Crippen LogP contribution in [0.15, 0.2) is 82.7 Å². The molecule has 0 spiro atoms. The van der Waals surface area contributed by atoms with Gasteiger partial charge in [0, 0.05) is 56.3 Å². The highest BCUT2D eigenvalue weighted by molar-refractivity contribution is 7.98. The Balaban J connectivity index is 1.25. The van der Waals surface area contributed by atoms with Crippen molar-refractivity contribution in [3.05, 3.63) is 117 Å². The normalized spacial score (nSPS) is 15.1. The molecule has 2 heterocycles. The second-order valence-electron chi connectivity index (χ2n) is 12.6. The number of likely N-dealkylation sites (tertiary alicyclic amines) is 1. The molecular weight excluding hydrogens is 631 g/mol. The van der Waals surface area contributed by atoms with E-state index in [2.05, 4.69) is 34.1 Å². The van der Waals surface area contributed by atoms with E-state index in [-0.39, 0.29) is 29.9 Å². The smallest absolute Gasteiger partial charge is 0.277 e. The predicted molar refractivity (Wildman–Crippen MR) is 185 cm³/mol. The van der Waals surface area contributed by atoms with Gasteiger partial charge in [-0.2, -0.15) is 4.98 Å². The predicted octanol–water partition coefficient (Wildman–Crippen LogP) is 6.44. The first-order valence-electron chi connectivity index (χ1n) is 16.7. The maximum atomic E-state index is 14.5. The summed E-state index contributed by atoms with van der Waals surface area (Å²) in [6, 6.07) is 22.1. The van der Waals surface area contributed by atoms with E-state index in [1.54, 1.807) is 31.4 Å². The number of nitrogens with zero attached hydrogens (tertiary/aromatic N) is 4. The molecule has 7 nitrogen and oxygen atoms in total.